The Morgan fingerprint density at radius 3 is 2.43 bits per heavy atom. The number of hydrogen-bond acceptors (Lipinski definition) is 3. The number of likely N-dealkylation sites (tertiary alicyclic amines) is 2. The molecule has 3 heterocycles. The van der Waals surface area contributed by atoms with Crippen LogP contribution in [0.5, 0.6) is 0 Å². The van der Waals surface area contributed by atoms with Crippen LogP contribution in [0, 0.1) is 0 Å². The Balaban J connectivity index is 1.71. The average Bonchev–Trinajstić information content (AvgIpc) is 3.00. The number of nitrogens with zero attached hydrogens (tertiary/aromatic N) is 3. The van der Waals surface area contributed by atoms with Gasteiger partial charge in [-0.3, -0.25) is 9.69 Å². The summed E-state index contributed by atoms with van der Waals surface area (Å²) < 4.78 is 0. The molecule has 0 spiro atoms. The van der Waals surface area contributed by atoms with Gasteiger partial charge in [-0.1, -0.05) is 23.2 Å². The zero-order valence-corrected chi connectivity index (χ0v) is 13.4. The number of pyridine rings is 1. The van der Waals surface area contributed by atoms with Gasteiger partial charge in [0.1, 0.15) is 10.3 Å². The van der Waals surface area contributed by atoms with Crippen LogP contribution in [0.4, 0.5) is 0 Å². The molecule has 2 aliphatic rings. The molecule has 6 heteroatoms. The molecule has 0 aliphatic carbocycles. The van der Waals surface area contributed by atoms with E-state index in [2.05, 4.69) is 9.88 Å². The molecule has 2 fully saturated rings. The van der Waals surface area contributed by atoms with Gasteiger partial charge in [-0.2, -0.15) is 0 Å². The van der Waals surface area contributed by atoms with Gasteiger partial charge in [0.2, 0.25) is 0 Å². The van der Waals surface area contributed by atoms with Crippen molar-refractivity contribution in [2.75, 3.05) is 26.2 Å². The van der Waals surface area contributed by atoms with Crippen molar-refractivity contribution < 1.29 is 4.79 Å². The van der Waals surface area contributed by atoms with E-state index in [1.807, 2.05) is 4.90 Å². The van der Waals surface area contributed by atoms with Gasteiger partial charge in [0.15, 0.2) is 0 Å². The highest BCUT2D eigenvalue weighted by Gasteiger charge is 2.29. The molecule has 1 aromatic rings. The Morgan fingerprint density at radius 1 is 1.10 bits per heavy atom. The fourth-order valence-corrected chi connectivity index (χ4v) is 3.78. The molecule has 0 N–H and O–H groups in total. The smallest absolute Gasteiger partial charge is 0.254 e. The standard InChI is InChI=1S/C15H19Cl2N3O/c16-13-8-11(9-14(17)18-13)15(21)20-7-3-4-12(10-20)19-5-1-2-6-19/h8-9,12H,1-7,10H2. The van der Waals surface area contributed by atoms with E-state index in [0.29, 0.717) is 11.6 Å². The Bertz CT molecular complexity index is 511. The van der Waals surface area contributed by atoms with E-state index in [1.54, 1.807) is 12.1 Å². The van der Waals surface area contributed by atoms with E-state index in [-0.39, 0.29) is 16.2 Å². The van der Waals surface area contributed by atoms with Gasteiger partial charge in [-0.15, -0.1) is 0 Å². The lowest BCUT2D eigenvalue weighted by Crippen LogP contribution is -2.49. The number of hydrogen-bond donors (Lipinski definition) is 0. The topological polar surface area (TPSA) is 36.4 Å². The van der Waals surface area contributed by atoms with E-state index in [1.165, 1.54) is 32.4 Å². The Labute approximate surface area is 135 Å². The third-order valence-corrected chi connectivity index (χ3v) is 4.74. The van der Waals surface area contributed by atoms with Crippen LogP contribution in [0.2, 0.25) is 10.3 Å². The van der Waals surface area contributed by atoms with Crippen LogP contribution in [0.15, 0.2) is 12.1 Å². The maximum Gasteiger partial charge on any atom is 0.254 e. The Kier molecular flexibility index (Phi) is 4.67. The summed E-state index contributed by atoms with van der Waals surface area (Å²) in [7, 11) is 0. The molecule has 3 rings (SSSR count). The van der Waals surface area contributed by atoms with Crippen molar-refractivity contribution in [3.05, 3.63) is 28.0 Å². The first-order valence-corrected chi connectivity index (χ1v) is 8.25. The first-order valence-electron chi connectivity index (χ1n) is 7.50. The summed E-state index contributed by atoms with van der Waals surface area (Å²) in [4.78, 5) is 21.0. The molecule has 4 nitrogen and oxygen atoms in total. The van der Waals surface area contributed by atoms with Gasteiger partial charge >= 0.3 is 0 Å². The largest absolute Gasteiger partial charge is 0.337 e. The zero-order chi connectivity index (χ0) is 14.8. The lowest BCUT2D eigenvalue weighted by molar-refractivity contribution is 0.0608. The first-order chi connectivity index (χ1) is 10.1. The van der Waals surface area contributed by atoms with Gasteiger partial charge in [0, 0.05) is 24.7 Å². The van der Waals surface area contributed by atoms with Gasteiger partial charge in [-0.05, 0) is 50.9 Å². The van der Waals surface area contributed by atoms with Crippen molar-refractivity contribution in [1.29, 1.82) is 0 Å². The van der Waals surface area contributed by atoms with Crippen molar-refractivity contribution in [2.24, 2.45) is 0 Å². The lowest BCUT2D eigenvalue weighted by atomic mass is 10.0. The van der Waals surface area contributed by atoms with Crippen LogP contribution in [-0.4, -0.2) is 52.9 Å². The maximum atomic E-state index is 12.6. The molecule has 21 heavy (non-hydrogen) atoms. The van der Waals surface area contributed by atoms with Crippen molar-refractivity contribution in [3.8, 4) is 0 Å². The summed E-state index contributed by atoms with van der Waals surface area (Å²) in [5.41, 5.74) is 0.530. The van der Waals surface area contributed by atoms with Crippen LogP contribution < -0.4 is 0 Å². The Hall–Kier alpha value is -0.840. The molecule has 1 aromatic heterocycles. The van der Waals surface area contributed by atoms with E-state index >= 15 is 0 Å². The predicted molar refractivity (Wildman–Crippen MR) is 84.0 cm³/mol. The van der Waals surface area contributed by atoms with Crippen molar-refractivity contribution in [3.63, 3.8) is 0 Å². The summed E-state index contributed by atoms with van der Waals surface area (Å²) in [6.07, 6.45) is 4.79. The minimum absolute atomic E-state index is 0.00472. The first kappa shape index (κ1) is 15.1. The average molecular weight is 328 g/mol. The monoisotopic (exact) mass is 327 g/mol. The summed E-state index contributed by atoms with van der Waals surface area (Å²) >= 11 is 11.8. The number of piperidine rings is 1. The highest BCUT2D eigenvalue weighted by molar-refractivity contribution is 6.33. The minimum Gasteiger partial charge on any atom is -0.337 e. The van der Waals surface area contributed by atoms with Crippen LogP contribution in [0.3, 0.4) is 0 Å². The quantitative estimate of drug-likeness (QED) is 0.783. The molecule has 1 atom stereocenters. The van der Waals surface area contributed by atoms with Crippen molar-refractivity contribution in [1.82, 2.24) is 14.8 Å². The predicted octanol–water partition coefficient (Wildman–Crippen LogP) is 3.09. The van der Waals surface area contributed by atoms with Crippen LogP contribution in [-0.2, 0) is 0 Å². The molecule has 2 saturated heterocycles. The van der Waals surface area contributed by atoms with Gasteiger partial charge in [-0.25, -0.2) is 4.98 Å². The summed E-state index contributed by atoms with van der Waals surface area (Å²) in [6, 6.07) is 3.68. The molecule has 0 radical (unpaired) electrons. The number of rotatable bonds is 2. The van der Waals surface area contributed by atoms with Crippen LogP contribution in [0.1, 0.15) is 36.0 Å². The molecule has 0 aromatic carbocycles. The molecule has 1 amide bonds. The number of carbonyl (C=O) groups excluding carboxylic acids is 1. The third kappa shape index (κ3) is 3.50. The van der Waals surface area contributed by atoms with Crippen molar-refractivity contribution >= 4 is 29.1 Å². The molecule has 0 bridgehead atoms. The van der Waals surface area contributed by atoms with E-state index in [4.69, 9.17) is 23.2 Å². The molecular weight excluding hydrogens is 309 g/mol. The molecular formula is C15H19Cl2N3O. The fraction of sp³-hybridized carbons (Fsp3) is 0.600. The normalized spacial score (nSPS) is 23.5. The molecule has 0 saturated carbocycles. The summed E-state index contributed by atoms with van der Waals surface area (Å²) in [5, 5.41) is 0.526. The maximum absolute atomic E-state index is 12.6. The second kappa shape index (κ2) is 6.51. The lowest BCUT2D eigenvalue weighted by Gasteiger charge is -2.37. The SMILES string of the molecule is O=C(c1cc(Cl)nc(Cl)c1)N1CCCC(N2CCCC2)C1. The van der Waals surface area contributed by atoms with E-state index in [9.17, 15) is 4.79 Å². The van der Waals surface area contributed by atoms with Crippen LogP contribution >= 0.6 is 23.2 Å². The zero-order valence-electron chi connectivity index (χ0n) is 11.9. The van der Waals surface area contributed by atoms with Crippen molar-refractivity contribution in [2.45, 2.75) is 31.7 Å². The minimum atomic E-state index is 0.00472. The second-order valence-electron chi connectivity index (χ2n) is 5.79. The summed E-state index contributed by atoms with van der Waals surface area (Å²) in [5.74, 6) is 0.00472. The Morgan fingerprint density at radius 2 is 1.76 bits per heavy atom. The highest BCUT2D eigenvalue weighted by Crippen LogP contribution is 2.23. The third-order valence-electron chi connectivity index (χ3n) is 4.35. The fourth-order valence-electron chi connectivity index (χ4n) is 3.31. The number of amides is 1. The van der Waals surface area contributed by atoms with Crippen LogP contribution in [0.25, 0.3) is 0 Å². The van der Waals surface area contributed by atoms with Gasteiger partial charge in [0.05, 0.1) is 0 Å². The molecule has 2 aliphatic heterocycles. The number of halogens is 2. The highest BCUT2D eigenvalue weighted by atomic mass is 35.5. The summed E-state index contributed by atoms with van der Waals surface area (Å²) in [6.45, 7) is 3.94. The van der Waals surface area contributed by atoms with E-state index in [0.717, 1.165) is 19.5 Å². The molecule has 1 unspecified atom stereocenters. The number of carbonyl (C=O) groups is 1. The van der Waals surface area contributed by atoms with E-state index < -0.39 is 0 Å². The van der Waals surface area contributed by atoms with Gasteiger partial charge < -0.3 is 4.90 Å². The number of aromatic nitrogens is 1. The molecule has 114 valence electrons. The van der Waals surface area contributed by atoms with Gasteiger partial charge in [0.25, 0.3) is 5.91 Å². The second-order valence-corrected chi connectivity index (χ2v) is 6.57.